The Bertz CT molecular complexity index is 822. The van der Waals surface area contributed by atoms with Crippen molar-refractivity contribution in [2.75, 3.05) is 26.2 Å². The van der Waals surface area contributed by atoms with Gasteiger partial charge in [-0.05, 0) is 30.3 Å². The molecule has 3 rings (SSSR count). The third-order valence-electron chi connectivity index (χ3n) is 4.12. The average Bonchev–Trinajstić information content (AvgIpc) is 2.63. The van der Waals surface area contributed by atoms with Gasteiger partial charge in [-0.15, -0.1) is 0 Å². The number of halogens is 3. The summed E-state index contributed by atoms with van der Waals surface area (Å²) < 4.78 is 14.5. The quantitative estimate of drug-likeness (QED) is 0.733. The molecule has 2 aromatic rings. The van der Waals surface area contributed by atoms with Crippen molar-refractivity contribution < 1.29 is 14.0 Å². The van der Waals surface area contributed by atoms with E-state index in [9.17, 15) is 14.0 Å². The third kappa shape index (κ3) is 3.85. The van der Waals surface area contributed by atoms with Crippen LogP contribution in [0.3, 0.4) is 0 Å². The van der Waals surface area contributed by atoms with Gasteiger partial charge in [0.15, 0.2) is 0 Å². The van der Waals surface area contributed by atoms with Crippen molar-refractivity contribution in [3.05, 3.63) is 68.9 Å². The molecule has 0 spiro atoms. The van der Waals surface area contributed by atoms with Gasteiger partial charge >= 0.3 is 0 Å². The molecule has 0 aromatic heterocycles. The van der Waals surface area contributed by atoms with E-state index >= 15 is 0 Å². The lowest BCUT2D eigenvalue weighted by molar-refractivity contribution is 0.0533. The first-order valence-corrected chi connectivity index (χ1v) is 8.92. The first-order chi connectivity index (χ1) is 12.0. The van der Waals surface area contributed by atoms with E-state index in [-0.39, 0.29) is 17.4 Å². The molecule has 7 heteroatoms. The molecule has 1 aliphatic heterocycles. The number of hydrogen-bond donors (Lipinski definition) is 0. The molecule has 4 nitrogen and oxygen atoms in total. The molecular formula is C18H15BrClFN2O2. The Morgan fingerprint density at radius 2 is 1.48 bits per heavy atom. The molecule has 1 saturated heterocycles. The van der Waals surface area contributed by atoms with Gasteiger partial charge in [-0.3, -0.25) is 9.59 Å². The zero-order valence-electron chi connectivity index (χ0n) is 13.2. The first kappa shape index (κ1) is 17.9. The van der Waals surface area contributed by atoms with Crippen LogP contribution in [0.2, 0.25) is 5.02 Å². The van der Waals surface area contributed by atoms with E-state index < -0.39 is 5.82 Å². The molecule has 1 heterocycles. The van der Waals surface area contributed by atoms with Crippen LogP contribution in [0, 0.1) is 5.82 Å². The summed E-state index contributed by atoms with van der Waals surface area (Å²) in [5.74, 6) is -1.07. The summed E-state index contributed by atoms with van der Waals surface area (Å²) >= 11 is 9.44. The van der Waals surface area contributed by atoms with Crippen molar-refractivity contribution in [1.82, 2.24) is 9.80 Å². The number of carbonyl (C=O) groups is 2. The van der Waals surface area contributed by atoms with Crippen molar-refractivity contribution in [1.29, 1.82) is 0 Å². The Morgan fingerprint density at radius 1 is 0.920 bits per heavy atom. The summed E-state index contributed by atoms with van der Waals surface area (Å²) in [4.78, 5) is 28.3. The van der Waals surface area contributed by atoms with Crippen LogP contribution in [0.1, 0.15) is 20.7 Å². The summed E-state index contributed by atoms with van der Waals surface area (Å²) in [6, 6.07) is 11.0. The normalized spacial score (nSPS) is 14.5. The van der Waals surface area contributed by atoms with E-state index in [1.807, 2.05) is 0 Å². The van der Waals surface area contributed by atoms with Crippen LogP contribution < -0.4 is 0 Å². The van der Waals surface area contributed by atoms with Crippen molar-refractivity contribution in [3.8, 4) is 0 Å². The Kier molecular flexibility index (Phi) is 5.39. The highest BCUT2D eigenvalue weighted by Gasteiger charge is 2.27. The summed E-state index contributed by atoms with van der Waals surface area (Å²) in [5.41, 5.74) is 0.474. The molecule has 0 atom stereocenters. The van der Waals surface area contributed by atoms with Crippen molar-refractivity contribution in [2.45, 2.75) is 0 Å². The number of carbonyl (C=O) groups excluding carboxylic acids is 2. The number of nitrogens with zero attached hydrogens (tertiary/aromatic N) is 2. The smallest absolute Gasteiger partial charge is 0.256 e. The van der Waals surface area contributed by atoms with Crippen LogP contribution in [0.15, 0.2) is 46.9 Å². The second-order valence-corrected chi connectivity index (χ2v) is 7.01. The van der Waals surface area contributed by atoms with Gasteiger partial charge in [0.1, 0.15) is 5.82 Å². The van der Waals surface area contributed by atoms with Crippen LogP contribution in [0.4, 0.5) is 4.39 Å². The van der Waals surface area contributed by atoms with E-state index in [2.05, 4.69) is 15.9 Å². The lowest BCUT2D eigenvalue weighted by Crippen LogP contribution is -2.50. The minimum Gasteiger partial charge on any atom is -0.335 e. The molecule has 1 aliphatic rings. The highest BCUT2D eigenvalue weighted by atomic mass is 79.9. The molecule has 0 unspecified atom stereocenters. The van der Waals surface area contributed by atoms with Gasteiger partial charge in [-0.25, -0.2) is 4.39 Å². The van der Waals surface area contributed by atoms with Crippen LogP contribution in [0.25, 0.3) is 0 Å². The summed E-state index contributed by atoms with van der Waals surface area (Å²) in [6.45, 7) is 1.46. The van der Waals surface area contributed by atoms with Crippen LogP contribution in [-0.2, 0) is 0 Å². The van der Waals surface area contributed by atoms with Crippen molar-refractivity contribution in [2.24, 2.45) is 0 Å². The van der Waals surface area contributed by atoms with Gasteiger partial charge in [-0.1, -0.05) is 39.7 Å². The highest BCUT2D eigenvalue weighted by Crippen LogP contribution is 2.23. The van der Waals surface area contributed by atoms with E-state index in [0.717, 1.165) is 4.47 Å². The second-order valence-electron chi connectivity index (χ2n) is 5.69. The number of piperazine rings is 1. The fraction of sp³-hybridized carbons (Fsp3) is 0.222. The maximum absolute atomic E-state index is 13.8. The SMILES string of the molecule is O=C(c1ccccc1F)N1CCN(C(=O)c2cc(Br)ccc2Cl)CC1. The standard InChI is InChI=1S/C18H15BrClFN2O2/c19-12-5-6-15(20)14(11-12)18(25)23-9-7-22(8-10-23)17(24)13-3-1-2-4-16(13)21/h1-6,11H,7-10H2. The van der Waals surface area contributed by atoms with Gasteiger partial charge in [0.2, 0.25) is 0 Å². The first-order valence-electron chi connectivity index (χ1n) is 7.75. The van der Waals surface area contributed by atoms with Gasteiger partial charge in [0.25, 0.3) is 11.8 Å². The molecule has 0 N–H and O–H groups in total. The fourth-order valence-electron chi connectivity index (χ4n) is 2.75. The van der Waals surface area contributed by atoms with Gasteiger partial charge in [-0.2, -0.15) is 0 Å². The fourth-order valence-corrected chi connectivity index (χ4v) is 3.31. The molecule has 0 saturated carbocycles. The molecule has 2 aromatic carbocycles. The zero-order valence-corrected chi connectivity index (χ0v) is 15.6. The zero-order chi connectivity index (χ0) is 18.0. The maximum atomic E-state index is 13.8. The van der Waals surface area contributed by atoms with Crippen LogP contribution in [-0.4, -0.2) is 47.8 Å². The average molecular weight is 426 g/mol. The van der Waals surface area contributed by atoms with Gasteiger partial charge < -0.3 is 9.80 Å². The van der Waals surface area contributed by atoms with E-state index in [1.54, 1.807) is 40.1 Å². The highest BCUT2D eigenvalue weighted by molar-refractivity contribution is 9.10. The molecule has 2 amide bonds. The molecule has 0 bridgehead atoms. The van der Waals surface area contributed by atoms with E-state index in [1.165, 1.54) is 12.1 Å². The number of hydrogen-bond acceptors (Lipinski definition) is 2. The number of benzene rings is 2. The summed E-state index contributed by atoms with van der Waals surface area (Å²) in [5, 5.41) is 0.387. The summed E-state index contributed by atoms with van der Waals surface area (Å²) in [6.07, 6.45) is 0. The minimum atomic E-state index is -0.535. The second kappa shape index (κ2) is 7.54. The van der Waals surface area contributed by atoms with Crippen molar-refractivity contribution in [3.63, 3.8) is 0 Å². The summed E-state index contributed by atoms with van der Waals surface area (Å²) in [7, 11) is 0. The predicted octanol–water partition coefficient (Wildman–Crippen LogP) is 3.84. The van der Waals surface area contributed by atoms with Gasteiger partial charge in [0, 0.05) is 30.7 Å². The molecule has 25 heavy (non-hydrogen) atoms. The van der Waals surface area contributed by atoms with E-state index in [4.69, 9.17) is 11.6 Å². The predicted molar refractivity (Wildman–Crippen MR) is 97.4 cm³/mol. The molecule has 0 radical (unpaired) electrons. The molecule has 130 valence electrons. The Hall–Kier alpha value is -1.92. The Morgan fingerprint density at radius 3 is 2.08 bits per heavy atom. The lowest BCUT2D eigenvalue weighted by Gasteiger charge is -2.35. The van der Waals surface area contributed by atoms with Crippen LogP contribution in [0.5, 0.6) is 0 Å². The Labute approximate surface area is 158 Å². The number of amides is 2. The third-order valence-corrected chi connectivity index (χ3v) is 4.94. The topological polar surface area (TPSA) is 40.6 Å². The number of rotatable bonds is 2. The molecular weight excluding hydrogens is 411 g/mol. The van der Waals surface area contributed by atoms with Crippen LogP contribution >= 0.6 is 27.5 Å². The largest absolute Gasteiger partial charge is 0.335 e. The Balaban J connectivity index is 1.68. The molecule has 0 aliphatic carbocycles. The molecule has 1 fully saturated rings. The van der Waals surface area contributed by atoms with E-state index in [0.29, 0.717) is 36.8 Å². The minimum absolute atomic E-state index is 0.0531. The lowest BCUT2D eigenvalue weighted by atomic mass is 10.1. The monoisotopic (exact) mass is 424 g/mol. The van der Waals surface area contributed by atoms with Crippen molar-refractivity contribution >= 4 is 39.3 Å². The van der Waals surface area contributed by atoms with Gasteiger partial charge in [0.05, 0.1) is 16.1 Å². The maximum Gasteiger partial charge on any atom is 0.256 e.